The molecule has 0 amide bonds. The van der Waals surface area contributed by atoms with E-state index >= 15 is 0 Å². The maximum atomic E-state index is 12.4. The number of phosphoric ester groups is 1. The van der Waals surface area contributed by atoms with Crippen LogP contribution >= 0.6 is 7.82 Å². The average molecular weight is 618 g/mol. The van der Waals surface area contributed by atoms with Gasteiger partial charge in [0.1, 0.15) is 6.61 Å². The summed E-state index contributed by atoms with van der Waals surface area (Å²) >= 11 is 0. The number of allylic oxidation sites excluding steroid dienone is 4. The van der Waals surface area contributed by atoms with Crippen LogP contribution in [-0.4, -0.2) is 49.3 Å². The van der Waals surface area contributed by atoms with Crippen molar-refractivity contribution in [2.45, 2.75) is 142 Å². The molecule has 0 aliphatic rings. The number of carbonyl (C=O) groups is 2. The lowest BCUT2D eigenvalue weighted by molar-refractivity contribution is -0.161. The largest absolute Gasteiger partial charge is 0.472 e. The second-order valence-corrected chi connectivity index (χ2v) is 12.1. The third-order valence-electron chi connectivity index (χ3n) is 6.59. The standard InChI is InChI=1S/C32H60NO8P/c1-3-5-7-9-11-12-13-14-15-16-17-19-21-23-25-32(35)41-30(29-40-42(36,37)39-27-26-33)28-38-31(34)24-22-20-18-10-8-6-4-2/h9,11,13-14,30H,3-8,10,12,15-29,33H2,1-2H3,(H,36,37)/b11-9+,14-13+/t30-/m1/s1. The van der Waals surface area contributed by atoms with Gasteiger partial charge in [0.25, 0.3) is 0 Å². The average Bonchev–Trinajstić information content (AvgIpc) is 2.97. The lowest BCUT2D eigenvalue weighted by Crippen LogP contribution is -2.29. The van der Waals surface area contributed by atoms with E-state index in [0.29, 0.717) is 6.42 Å². The summed E-state index contributed by atoms with van der Waals surface area (Å²) < 4.78 is 32.4. The van der Waals surface area contributed by atoms with Gasteiger partial charge in [-0.3, -0.25) is 18.6 Å². The Labute approximate surface area is 255 Å². The fourth-order valence-electron chi connectivity index (χ4n) is 4.12. The van der Waals surface area contributed by atoms with Crippen LogP contribution in [0.3, 0.4) is 0 Å². The summed E-state index contributed by atoms with van der Waals surface area (Å²) in [5.41, 5.74) is 5.30. The van der Waals surface area contributed by atoms with E-state index in [0.717, 1.165) is 64.2 Å². The van der Waals surface area contributed by atoms with Crippen LogP contribution in [-0.2, 0) is 32.7 Å². The van der Waals surface area contributed by atoms with Gasteiger partial charge in [-0.05, 0) is 38.5 Å². The first-order chi connectivity index (χ1) is 20.3. The van der Waals surface area contributed by atoms with Crippen molar-refractivity contribution in [1.82, 2.24) is 0 Å². The summed E-state index contributed by atoms with van der Waals surface area (Å²) in [6.45, 7) is 3.59. The van der Waals surface area contributed by atoms with Gasteiger partial charge in [0.2, 0.25) is 0 Å². The van der Waals surface area contributed by atoms with Crippen LogP contribution in [0.25, 0.3) is 0 Å². The molecule has 0 rings (SSSR count). The molecular formula is C32H60NO8P. The zero-order valence-corrected chi connectivity index (χ0v) is 27.4. The van der Waals surface area contributed by atoms with Gasteiger partial charge in [-0.2, -0.15) is 0 Å². The smallest absolute Gasteiger partial charge is 0.462 e. The molecule has 0 aliphatic heterocycles. The van der Waals surface area contributed by atoms with E-state index < -0.39 is 32.5 Å². The number of phosphoric acid groups is 1. The third kappa shape index (κ3) is 28.6. The zero-order chi connectivity index (χ0) is 31.2. The first-order valence-corrected chi connectivity index (χ1v) is 17.8. The zero-order valence-electron chi connectivity index (χ0n) is 26.5. The van der Waals surface area contributed by atoms with Gasteiger partial charge >= 0.3 is 19.8 Å². The van der Waals surface area contributed by atoms with Crippen molar-refractivity contribution >= 4 is 19.8 Å². The Kier molecular flexibility index (Phi) is 28.5. The highest BCUT2D eigenvalue weighted by molar-refractivity contribution is 7.47. The molecule has 9 nitrogen and oxygen atoms in total. The van der Waals surface area contributed by atoms with E-state index in [9.17, 15) is 19.0 Å². The third-order valence-corrected chi connectivity index (χ3v) is 7.57. The summed E-state index contributed by atoms with van der Waals surface area (Å²) in [5.74, 6) is -0.855. The molecule has 3 N–H and O–H groups in total. The van der Waals surface area contributed by atoms with Gasteiger partial charge in [-0.1, -0.05) is 109 Å². The van der Waals surface area contributed by atoms with Crippen LogP contribution in [0.4, 0.5) is 0 Å². The van der Waals surface area contributed by atoms with Crippen molar-refractivity contribution in [3.63, 3.8) is 0 Å². The molecule has 42 heavy (non-hydrogen) atoms. The molecule has 10 heteroatoms. The molecule has 0 aliphatic carbocycles. The molecule has 0 aromatic carbocycles. The normalized spacial score (nSPS) is 13.9. The molecule has 0 heterocycles. The topological polar surface area (TPSA) is 134 Å². The number of hydrogen-bond donors (Lipinski definition) is 2. The van der Waals surface area contributed by atoms with Gasteiger partial charge in [0.05, 0.1) is 13.2 Å². The van der Waals surface area contributed by atoms with Crippen LogP contribution in [0.1, 0.15) is 136 Å². The molecule has 0 bridgehead atoms. The number of rotatable bonds is 30. The minimum Gasteiger partial charge on any atom is -0.462 e. The lowest BCUT2D eigenvalue weighted by Gasteiger charge is -2.19. The van der Waals surface area contributed by atoms with E-state index in [4.69, 9.17) is 24.3 Å². The fraction of sp³-hybridized carbons (Fsp3) is 0.812. The van der Waals surface area contributed by atoms with E-state index in [1.165, 1.54) is 38.5 Å². The summed E-state index contributed by atoms with van der Waals surface area (Å²) in [6.07, 6.45) is 26.5. The molecule has 0 saturated heterocycles. The highest BCUT2D eigenvalue weighted by Gasteiger charge is 2.25. The SMILES string of the molecule is CCCC/C=C/C/C=C/CCCCCCCC(=O)O[C@H](COC(=O)CCCCCCCCC)COP(=O)(O)OCCN. The van der Waals surface area contributed by atoms with Gasteiger partial charge in [-0.15, -0.1) is 0 Å². The lowest BCUT2D eigenvalue weighted by atomic mass is 10.1. The van der Waals surface area contributed by atoms with E-state index in [2.05, 4.69) is 38.2 Å². The van der Waals surface area contributed by atoms with Gasteiger partial charge in [-0.25, -0.2) is 4.57 Å². The number of unbranched alkanes of at least 4 members (excludes halogenated alkanes) is 13. The molecule has 2 atom stereocenters. The quantitative estimate of drug-likeness (QED) is 0.0355. The molecule has 0 aromatic heterocycles. The number of esters is 2. The monoisotopic (exact) mass is 617 g/mol. The van der Waals surface area contributed by atoms with Crippen molar-refractivity contribution in [1.29, 1.82) is 0 Å². The Morgan fingerprint density at radius 3 is 1.88 bits per heavy atom. The Bertz CT molecular complexity index is 759. The van der Waals surface area contributed by atoms with Crippen molar-refractivity contribution < 1.29 is 37.6 Å². The molecule has 0 radical (unpaired) electrons. The number of hydrogen-bond acceptors (Lipinski definition) is 8. The Hall–Kier alpha value is -1.51. The van der Waals surface area contributed by atoms with Gasteiger partial charge < -0.3 is 20.1 Å². The maximum absolute atomic E-state index is 12.4. The molecular weight excluding hydrogens is 557 g/mol. The second kappa shape index (κ2) is 29.6. The Balaban J connectivity index is 4.31. The molecule has 0 fully saturated rings. The van der Waals surface area contributed by atoms with Gasteiger partial charge in [0, 0.05) is 19.4 Å². The van der Waals surface area contributed by atoms with Crippen molar-refractivity contribution in [3.05, 3.63) is 24.3 Å². The van der Waals surface area contributed by atoms with Crippen LogP contribution < -0.4 is 5.73 Å². The second-order valence-electron chi connectivity index (χ2n) is 10.7. The first kappa shape index (κ1) is 40.5. The van der Waals surface area contributed by atoms with Crippen LogP contribution in [0.15, 0.2) is 24.3 Å². The highest BCUT2D eigenvalue weighted by Crippen LogP contribution is 2.43. The van der Waals surface area contributed by atoms with Gasteiger partial charge in [0.15, 0.2) is 6.10 Å². The van der Waals surface area contributed by atoms with Crippen LogP contribution in [0, 0.1) is 0 Å². The maximum Gasteiger partial charge on any atom is 0.472 e. The Morgan fingerprint density at radius 1 is 0.714 bits per heavy atom. The minimum atomic E-state index is -4.36. The summed E-state index contributed by atoms with van der Waals surface area (Å²) in [5, 5.41) is 0. The highest BCUT2D eigenvalue weighted by atomic mass is 31.2. The summed E-state index contributed by atoms with van der Waals surface area (Å²) in [4.78, 5) is 34.4. The minimum absolute atomic E-state index is 0.0516. The van der Waals surface area contributed by atoms with E-state index in [1.54, 1.807) is 0 Å². The molecule has 0 spiro atoms. The number of nitrogens with two attached hydrogens (primary N) is 1. The Morgan fingerprint density at radius 2 is 1.26 bits per heavy atom. The van der Waals surface area contributed by atoms with Crippen molar-refractivity contribution in [2.75, 3.05) is 26.4 Å². The molecule has 0 aromatic rings. The predicted octanol–water partition coefficient (Wildman–Crippen LogP) is 8.10. The fourth-order valence-corrected chi connectivity index (χ4v) is 4.88. The molecule has 1 unspecified atom stereocenters. The van der Waals surface area contributed by atoms with Crippen molar-refractivity contribution in [2.24, 2.45) is 5.73 Å². The molecule has 0 saturated carbocycles. The van der Waals surface area contributed by atoms with Crippen molar-refractivity contribution in [3.8, 4) is 0 Å². The van der Waals surface area contributed by atoms with E-state index in [-0.39, 0.29) is 32.6 Å². The van der Waals surface area contributed by atoms with Crippen LogP contribution in [0.2, 0.25) is 0 Å². The summed E-state index contributed by atoms with van der Waals surface area (Å²) in [6, 6.07) is 0. The number of ether oxygens (including phenoxy) is 2. The number of carbonyl (C=O) groups excluding carboxylic acids is 2. The first-order valence-electron chi connectivity index (χ1n) is 16.3. The molecule has 246 valence electrons. The predicted molar refractivity (Wildman–Crippen MR) is 169 cm³/mol. The van der Waals surface area contributed by atoms with Crippen LogP contribution in [0.5, 0.6) is 0 Å². The van der Waals surface area contributed by atoms with E-state index in [1.807, 2.05) is 0 Å². The summed E-state index contributed by atoms with van der Waals surface area (Å²) in [7, 11) is -4.36.